The summed E-state index contributed by atoms with van der Waals surface area (Å²) in [4.78, 5) is 102. The zero-order valence-corrected chi connectivity index (χ0v) is 30.2. The van der Waals surface area contributed by atoms with Crippen LogP contribution in [0.5, 0.6) is 0 Å². The Morgan fingerprint density at radius 2 is 1.73 bits per heavy atom. The Kier molecular flexibility index (Phi) is 11.6. The smallest absolute Gasteiger partial charge is 0.411 e. The maximum atomic E-state index is 13.8. The van der Waals surface area contributed by atoms with Crippen LogP contribution in [0.1, 0.15) is 22.0 Å². The van der Waals surface area contributed by atoms with E-state index in [-0.39, 0.29) is 42.2 Å². The number of ether oxygens (including phenoxy) is 1. The second kappa shape index (κ2) is 16.0. The normalized spacial score (nSPS) is 19.1. The molecule has 5 rings (SSSR count). The fourth-order valence-corrected chi connectivity index (χ4v) is 7.77. The second-order valence-electron chi connectivity index (χ2n) is 12.2. The van der Waals surface area contributed by atoms with Crippen molar-refractivity contribution in [2.75, 3.05) is 37.0 Å². The highest BCUT2D eigenvalue weighted by molar-refractivity contribution is 8.00. The van der Waals surface area contributed by atoms with Gasteiger partial charge in [0.2, 0.25) is 21.8 Å². The van der Waals surface area contributed by atoms with Crippen LogP contribution in [0.3, 0.4) is 0 Å². The lowest BCUT2D eigenvalue weighted by Gasteiger charge is -2.50. The van der Waals surface area contributed by atoms with Gasteiger partial charge in [-0.2, -0.15) is 0 Å². The number of primary amides is 1. The van der Waals surface area contributed by atoms with E-state index in [0.29, 0.717) is 14.8 Å². The number of sulfonamides is 1. The van der Waals surface area contributed by atoms with E-state index < -0.39 is 93.6 Å². The lowest BCUT2D eigenvalue weighted by atomic mass is 10.0. The van der Waals surface area contributed by atoms with Gasteiger partial charge in [-0.05, 0) is 17.7 Å². The van der Waals surface area contributed by atoms with E-state index in [2.05, 4.69) is 16.0 Å². The van der Waals surface area contributed by atoms with Crippen molar-refractivity contribution in [3.05, 3.63) is 71.2 Å². The number of nitrogens with zero attached hydrogens (tertiary/aromatic N) is 4. The van der Waals surface area contributed by atoms with Crippen LogP contribution in [0.15, 0.2) is 60.1 Å². The van der Waals surface area contributed by atoms with E-state index in [1.165, 1.54) is 48.8 Å². The average molecular weight is 804 g/mol. The van der Waals surface area contributed by atoms with Crippen LogP contribution in [-0.2, 0) is 40.5 Å². The van der Waals surface area contributed by atoms with Gasteiger partial charge < -0.3 is 41.8 Å². The van der Waals surface area contributed by atoms with E-state index in [0.717, 1.165) is 22.9 Å². The van der Waals surface area contributed by atoms with E-state index in [9.17, 15) is 51.9 Å². The highest BCUT2D eigenvalue weighted by atomic mass is 32.2. The zero-order valence-electron chi connectivity index (χ0n) is 28.6. The number of urea groups is 2. The molecule has 24 heteroatoms. The zero-order chi connectivity index (χ0) is 40.4. The molecule has 4 heterocycles. The average Bonchev–Trinajstić information content (AvgIpc) is 3.53. The van der Waals surface area contributed by atoms with E-state index in [1.807, 2.05) is 0 Å². The van der Waals surface area contributed by atoms with Gasteiger partial charge in [-0.25, -0.2) is 36.6 Å². The molecule has 0 spiro atoms. The predicted octanol–water partition coefficient (Wildman–Crippen LogP) is -3.41. The van der Waals surface area contributed by atoms with Crippen LogP contribution in [0.2, 0.25) is 0 Å². The van der Waals surface area contributed by atoms with Crippen molar-refractivity contribution in [2.45, 2.75) is 30.0 Å². The summed E-state index contributed by atoms with van der Waals surface area (Å²) < 4.78 is 30.8. The van der Waals surface area contributed by atoms with Crippen LogP contribution in [0, 0.1) is 0 Å². The highest BCUT2D eigenvalue weighted by Crippen LogP contribution is 2.40. The quantitative estimate of drug-likeness (QED) is 0.0849. The van der Waals surface area contributed by atoms with E-state index >= 15 is 0 Å². The Morgan fingerprint density at radius 1 is 1.07 bits per heavy atom. The first-order valence-electron chi connectivity index (χ1n) is 16.0. The molecule has 8 N–H and O–H groups in total. The minimum atomic E-state index is -4.02. The van der Waals surface area contributed by atoms with Crippen LogP contribution in [0.4, 0.5) is 20.1 Å². The van der Waals surface area contributed by atoms with Crippen LogP contribution in [0.25, 0.3) is 0 Å². The summed E-state index contributed by atoms with van der Waals surface area (Å²) in [6, 6.07) is 1.34. The van der Waals surface area contributed by atoms with Crippen LogP contribution >= 0.6 is 11.8 Å². The number of carbonyl (C=O) groups is 8. The Hall–Kier alpha value is -6.27. The number of anilines is 1. The van der Waals surface area contributed by atoms with Crippen molar-refractivity contribution in [1.29, 1.82) is 0 Å². The van der Waals surface area contributed by atoms with Crippen molar-refractivity contribution in [3.63, 3.8) is 0 Å². The largest absolute Gasteiger partial charge is 0.543 e. The summed E-state index contributed by atoms with van der Waals surface area (Å²) in [7, 11) is -4.02. The Morgan fingerprint density at radius 3 is 2.29 bits per heavy atom. The number of aromatic nitrogens is 1. The van der Waals surface area contributed by atoms with Gasteiger partial charge in [0.1, 0.15) is 30.1 Å². The number of nitrogens with two attached hydrogens (primary N) is 2. The first kappa shape index (κ1) is 39.9. The van der Waals surface area contributed by atoms with Gasteiger partial charge in [-0.3, -0.25) is 29.4 Å². The SMILES string of the molecule is CS(=O)(=O)N1CCN(C(=O)N[C@@H](C(=O)N[C@@H]2C(=O)N3C(C(=O)[O-])=C(C[n+]4ccc(C(N)=O)cc4)CS[C@@H]23)c2ccc(NC(=O)OC[C@@H](N)C(=O)O)cc2)C1=O. The minimum Gasteiger partial charge on any atom is -0.543 e. The number of thioether (sulfide) groups is 1. The fourth-order valence-electron chi connectivity index (χ4n) is 5.64. The van der Waals surface area contributed by atoms with Crippen LogP contribution < -0.4 is 37.1 Å². The van der Waals surface area contributed by atoms with Gasteiger partial charge in [0.15, 0.2) is 18.9 Å². The number of pyridine rings is 1. The first-order chi connectivity index (χ1) is 25.9. The molecule has 3 aliphatic rings. The molecule has 0 radical (unpaired) electrons. The molecule has 2 saturated heterocycles. The van der Waals surface area contributed by atoms with Crippen molar-refractivity contribution in [3.8, 4) is 0 Å². The molecule has 1 aromatic carbocycles. The summed E-state index contributed by atoms with van der Waals surface area (Å²) in [6.07, 6.45) is 2.74. The summed E-state index contributed by atoms with van der Waals surface area (Å²) in [5.74, 6) is -5.38. The number of carboxylic acids is 2. The fraction of sp³-hybridized carbons (Fsp3) is 0.323. The maximum Gasteiger partial charge on any atom is 0.411 e. The van der Waals surface area contributed by atoms with Gasteiger partial charge in [0, 0.05) is 29.1 Å². The molecular weight excluding hydrogens is 771 g/mol. The third kappa shape index (κ3) is 8.76. The number of carbonyl (C=O) groups excluding carboxylic acids is 7. The molecule has 0 saturated carbocycles. The lowest BCUT2D eigenvalue weighted by molar-refractivity contribution is -0.689. The maximum absolute atomic E-state index is 13.8. The third-order valence-corrected chi connectivity index (χ3v) is 10.9. The molecule has 22 nitrogen and oxygen atoms in total. The van der Waals surface area contributed by atoms with E-state index in [1.54, 1.807) is 4.57 Å². The number of hydrogen-bond acceptors (Lipinski definition) is 14. The Labute approximate surface area is 315 Å². The summed E-state index contributed by atoms with van der Waals surface area (Å²) in [6.45, 7) is -1.30. The monoisotopic (exact) mass is 803 g/mol. The van der Waals surface area contributed by atoms with Gasteiger partial charge in [-0.1, -0.05) is 12.1 Å². The van der Waals surface area contributed by atoms with Gasteiger partial charge in [0.05, 0.1) is 36.6 Å². The van der Waals surface area contributed by atoms with Crippen molar-refractivity contribution in [1.82, 2.24) is 24.7 Å². The molecule has 3 aliphatic heterocycles. The number of hydrogen-bond donors (Lipinski definition) is 6. The number of fused-ring (bicyclic) bond motifs is 1. The number of nitrogens with one attached hydrogen (secondary N) is 3. The number of β-lactam (4-membered cyclic amide) rings is 1. The third-order valence-electron chi connectivity index (χ3n) is 8.44. The summed E-state index contributed by atoms with van der Waals surface area (Å²) in [5.41, 5.74) is 10.9. The number of carboxylic acid groups (broad SMARTS) is 2. The molecule has 55 heavy (non-hydrogen) atoms. The van der Waals surface area contributed by atoms with Gasteiger partial charge in [-0.15, -0.1) is 11.8 Å². The molecular formula is C31H33N9O13S2. The number of aliphatic carboxylic acids is 2. The van der Waals surface area contributed by atoms with Crippen molar-refractivity contribution >= 4 is 75.3 Å². The number of benzene rings is 1. The van der Waals surface area contributed by atoms with Gasteiger partial charge in [0.25, 0.3) is 5.91 Å². The molecule has 2 aromatic rings. The molecule has 1 aromatic heterocycles. The first-order valence-corrected chi connectivity index (χ1v) is 18.9. The van der Waals surface area contributed by atoms with Crippen LogP contribution in [-0.4, -0.2) is 125 Å². The molecule has 0 aliphatic carbocycles. The molecule has 0 unspecified atom stereocenters. The molecule has 0 bridgehead atoms. The summed E-state index contributed by atoms with van der Waals surface area (Å²) in [5, 5.41) is 27.5. The molecule has 292 valence electrons. The number of amides is 8. The molecule has 2 fully saturated rings. The summed E-state index contributed by atoms with van der Waals surface area (Å²) >= 11 is 1.14. The lowest BCUT2D eigenvalue weighted by Crippen LogP contribution is -2.72. The molecule has 4 atom stereocenters. The Bertz CT molecular complexity index is 2100. The topological polar surface area (TPSA) is 325 Å². The molecule has 8 amide bonds. The Balaban J connectivity index is 1.34. The van der Waals surface area contributed by atoms with Gasteiger partial charge >= 0.3 is 24.1 Å². The minimum absolute atomic E-state index is 0.0153. The van der Waals surface area contributed by atoms with E-state index in [4.69, 9.17) is 21.3 Å². The van der Waals surface area contributed by atoms with Crippen molar-refractivity contribution < 1.29 is 66.3 Å². The standard InChI is InChI=1S/C31H33N9O13S2/c1-55(51,52)39-11-10-38(31(39)50)29(48)36-20(15-2-4-18(5-3-15)34-30(49)53-13-19(32)27(44)45)24(42)35-21-25(43)40-22(28(46)47)17(14-54-26(21)40)12-37-8-6-16(7-9-37)23(33)41/h2-9,19-21,26H,10-14,32H2,1H3,(H6-,33,34,35,36,41,42,44,45,46,47,48,49)/t19-,20-,21-,26+/m1/s1. The second-order valence-corrected chi connectivity index (χ2v) is 15.2. The highest BCUT2D eigenvalue weighted by Gasteiger charge is 2.53. The number of rotatable bonds is 13. The number of imide groups is 1. The van der Waals surface area contributed by atoms with Crippen molar-refractivity contribution in [2.24, 2.45) is 11.5 Å². The predicted molar refractivity (Wildman–Crippen MR) is 184 cm³/mol.